The second-order valence-corrected chi connectivity index (χ2v) is 10.5. The van der Waals surface area contributed by atoms with E-state index in [1.165, 1.54) is 11.4 Å². The Morgan fingerprint density at radius 1 is 1.11 bits per heavy atom. The van der Waals surface area contributed by atoms with Crippen LogP contribution >= 0.6 is 0 Å². The van der Waals surface area contributed by atoms with Gasteiger partial charge in [0.15, 0.2) is 6.79 Å². The van der Waals surface area contributed by atoms with Gasteiger partial charge in [0, 0.05) is 20.0 Å². The molecule has 0 aromatic heterocycles. The number of nitriles is 1. The summed E-state index contributed by atoms with van der Waals surface area (Å²) in [7, 11) is -2.24. The summed E-state index contributed by atoms with van der Waals surface area (Å²) in [5, 5.41) is 11.1. The van der Waals surface area contributed by atoms with E-state index in [-0.39, 0.29) is 32.0 Å². The van der Waals surface area contributed by atoms with Gasteiger partial charge in [-0.3, -0.25) is 9.10 Å². The Morgan fingerprint density at radius 2 is 1.92 bits per heavy atom. The maximum Gasteiger partial charge on any atom is 0.305 e. The summed E-state index contributed by atoms with van der Waals surface area (Å²) in [6.07, 6.45) is 0.660. The number of ether oxygens (including phenoxy) is 3. The van der Waals surface area contributed by atoms with Crippen molar-refractivity contribution in [3.05, 3.63) is 71.3 Å². The number of methoxy groups -OCH3 is 1. The lowest BCUT2D eigenvalue weighted by Gasteiger charge is -2.27. The molecule has 0 saturated carbocycles. The summed E-state index contributed by atoms with van der Waals surface area (Å²) in [5.74, 6) is -0.00235. The van der Waals surface area contributed by atoms with Crippen molar-refractivity contribution >= 4 is 32.5 Å². The number of carbonyl (C=O) groups excluding carboxylic acids is 1. The SMILES string of the molecule is CCOC(=O)CCCS(=O)(=O)N1c2ccc(OCOC)cc2CC1c1ccc2ccc(C#N)cc2c1. The number of nitrogens with zero attached hydrogens (tertiary/aromatic N) is 2. The van der Waals surface area contributed by atoms with Gasteiger partial charge in [0.2, 0.25) is 10.0 Å². The van der Waals surface area contributed by atoms with Gasteiger partial charge in [-0.1, -0.05) is 18.2 Å². The summed E-state index contributed by atoms with van der Waals surface area (Å²) in [5.41, 5.74) is 2.79. The summed E-state index contributed by atoms with van der Waals surface area (Å²) in [6.45, 7) is 2.06. The fraction of sp³-hybridized carbons (Fsp3) is 0.333. The average molecular weight is 509 g/mol. The van der Waals surface area contributed by atoms with E-state index in [1.54, 1.807) is 31.2 Å². The zero-order valence-electron chi connectivity index (χ0n) is 20.3. The van der Waals surface area contributed by atoms with Crippen LogP contribution in [0.3, 0.4) is 0 Å². The lowest BCUT2D eigenvalue weighted by atomic mass is 9.98. The molecule has 1 atom stereocenters. The van der Waals surface area contributed by atoms with Gasteiger partial charge in [0.05, 0.1) is 35.7 Å². The van der Waals surface area contributed by atoms with E-state index in [4.69, 9.17) is 14.2 Å². The molecule has 3 aromatic rings. The van der Waals surface area contributed by atoms with Crippen LogP contribution in [0.15, 0.2) is 54.6 Å². The molecule has 0 spiro atoms. The minimum atomic E-state index is -3.77. The third kappa shape index (κ3) is 5.45. The highest BCUT2D eigenvalue weighted by Gasteiger charge is 2.38. The van der Waals surface area contributed by atoms with Gasteiger partial charge in [0.25, 0.3) is 0 Å². The smallest absolute Gasteiger partial charge is 0.305 e. The van der Waals surface area contributed by atoms with E-state index in [0.717, 1.165) is 21.9 Å². The fourth-order valence-corrected chi connectivity index (χ4v) is 6.25. The minimum Gasteiger partial charge on any atom is -0.468 e. The summed E-state index contributed by atoms with van der Waals surface area (Å²) in [4.78, 5) is 11.8. The molecule has 0 N–H and O–H groups in total. The first-order chi connectivity index (χ1) is 17.4. The Morgan fingerprint density at radius 3 is 2.67 bits per heavy atom. The number of carbonyl (C=O) groups is 1. The normalized spacial score (nSPS) is 14.9. The van der Waals surface area contributed by atoms with Crippen LogP contribution in [0.4, 0.5) is 5.69 Å². The van der Waals surface area contributed by atoms with E-state index >= 15 is 0 Å². The molecule has 0 aliphatic carbocycles. The van der Waals surface area contributed by atoms with Crippen molar-refractivity contribution in [3.63, 3.8) is 0 Å². The number of fused-ring (bicyclic) bond motifs is 2. The fourth-order valence-electron chi connectivity index (χ4n) is 4.49. The predicted octanol–water partition coefficient (Wildman–Crippen LogP) is 4.47. The van der Waals surface area contributed by atoms with Crippen LogP contribution in [0.2, 0.25) is 0 Å². The van der Waals surface area contributed by atoms with Crippen molar-refractivity contribution < 1.29 is 27.4 Å². The highest BCUT2D eigenvalue weighted by molar-refractivity contribution is 7.92. The molecule has 36 heavy (non-hydrogen) atoms. The Labute approximate surface area is 211 Å². The third-order valence-corrected chi connectivity index (χ3v) is 7.95. The quantitative estimate of drug-likeness (QED) is 0.294. The van der Waals surface area contributed by atoms with Gasteiger partial charge in [-0.15, -0.1) is 0 Å². The minimum absolute atomic E-state index is 0.0368. The van der Waals surface area contributed by atoms with Gasteiger partial charge in [0.1, 0.15) is 5.75 Å². The van der Waals surface area contributed by atoms with E-state index < -0.39 is 22.0 Å². The van der Waals surface area contributed by atoms with Crippen LogP contribution < -0.4 is 9.04 Å². The lowest BCUT2D eigenvalue weighted by Crippen LogP contribution is -2.34. The molecule has 0 saturated heterocycles. The van der Waals surface area contributed by atoms with Crippen molar-refractivity contribution in [1.29, 1.82) is 5.26 Å². The van der Waals surface area contributed by atoms with E-state index in [2.05, 4.69) is 6.07 Å². The van der Waals surface area contributed by atoms with Crippen LogP contribution in [0.5, 0.6) is 5.75 Å². The zero-order valence-corrected chi connectivity index (χ0v) is 21.1. The van der Waals surface area contributed by atoms with Crippen molar-refractivity contribution in [2.24, 2.45) is 0 Å². The number of esters is 1. The first-order valence-corrected chi connectivity index (χ1v) is 13.3. The van der Waals surface area contributed by atoms with Gasteiger partial charge in [-0.25, -0.2) is 8.42 Å². The lowest BCUT2D eigenvalue weighted by molar-refractivity contribution is -0.143. The zero-order chi connectivity index (χ0) is 25.7. The molecule has 8 nitrogen and oxygen atoms in total. The van der Waals surface area contributed by atoms with Gasteiger partial charge < -0.3 is 14.2 Å². The molecule has 0 radical (unpaired) electrons. The van der Waals surface area contributed by atoms with Crippen LogP contribution in [0, 0.1) is 11.3 Å². The Hall–Kier alpha value is -3.61. The summed E-state index contributed by atoms with van der Waals surface area (Å²) >= 11 is 0. The van der Waals surface area contributed by atoms with Crippen LogP contribution in [-0.2, 0) is 30.7 Å². The maximum atomic E-state index is 13.6. The second-order valence-electron chi connectivity index (χ2n) is 8.51. The molecule has 0 amide bonds. The van der Waals surface area contributed by atoms with Crippen LogP contribution in [0.25, 0.3) is 10.8 Å². The largest absolute Gasteiger partial charge is 0.468 e. The molecule has 1 heterocycles. The first-order valence-electron chi connectivity index (χ1n) is 11.7. The molecule has 0 fully saturated rings. The molecule has 1 unspecified atom stereocenters. The maximum absolute atomic E-state index is 13.6. The first kappa shape index (κ1) is 25.5. The number of hydrogen-bond donors (Lipinski definition) is 0. The van der Waals surface area contributed by atoms with E-state index in [9.17, 15) is 18.5 Å². The Balaban J connectivity index is 1.70. The number of sulfonamides is 1. The molecule has 1 aliphatic heterocycles. The van der Waals surface area contributed by atoms with Crippen LogP contribution in [-0.4, -0.2) is 40.6 Å². The molecule has 0 bridgehead atoms. The van der Waals surface area contributed by atoms with Crippen molar-refractivity contribution in [3.8, 4) is 11.8 Å². The molecule has 3 aromatic carbocycles. The number of hydrogen-bond acceptors (Lipinski definition) is 7. The average Bonchev–Trinajstić information content (AvgIpc) is 3.26. The molecule has 188 valence electrons. The third-order valence-electron chi connectivity index (χ3n) is 6.09. The monoisotopic (exact) mass is 508 g/mol. The Bertz CT molecular complexity index is 1410. The summed E-state index contributed by atoms with van der Waals surface area (Å²) < 4.78 is 44.2. The molecular formula is C27H28N2O6S. The van der Waals surface area contributed by atoms with Gasteiger partial charge in [-0.05, 0) is 71.6 Å². The molecule has 1 aliphatic rings. The highest BCUT2D eigenvalue weighted by Crippen LogP contribution is 2.44. The summed E-state index contributed by atoms with van der Waals surface area (Å²) in [6, 6.07) is 18.2. The molecule has 9 heteroatoms. The van der Waals surface area contributed by atoms with E-state index in [1.807, 2.05) is 30.3 Å². The molecular weight excluding hydrogens is 480 g/mol. The van der Waals surface area contributed by atoms with Crippen molar-refractivity contribution in [1.82, 2.24) is 0 Å². The number of anilines is 1. The van der Waals surface area contributed by atoms with Crippen LogP contribution in [0.1, 0.15) is 42.5 Å². The van der Waals surface area contributed by atoms with Crippen molar-refractivity contribution in [2.75, 3.05) is 30.6 Å². The van der Waals surface area contributed by atoms with Crippen molar-refractivity contribution in [2.45, 2.75) is 32.2 Å². The highest BCUT2D eigenvalue weighted by atomic mass is 32.2. The molecule has 4 rings (SSSR count). The topological polar surface area (TPSA) is 106 Å². The van der Waals surface area contributed by atoms with Gasteiger partial charge >= 0.3 is 5.97 Å². The standard InChI is InChI=1S/C27H28N2O6S/c1-3-34-27(30)5-4-12-36(31,32)29-25-11-10-24(35-18-33-2)15-23(25)16-26(29)21-9-8-20-7-6-19(17-28)13-22(20)14-21/h6-11,13-15,26H,3-5,12,16,18H2,1-2H3. The number of rotatable bonds is 10. The Kier molecular flexibility index (Phi) is 7.77. The second kappa shape index (κ2) is 11.0. The number of benzene rings is 3. The predicted molar refractivity (Wildman–Crippen MR) is 136 cm³/mol. The van der Waals surface area contributed by atoms with Gasteiger partial charge in [-0.2, -0.15) is 5.26 Å². The van der Waals surface area contributed by atoms with E-state index in [0.29, 0.717) is 23.4 Å².